The molecule has 0 aliphatic rings. The van der Waals surface area contributed by atoms with Crippen molar-refractivity contribution in [3.8, 4) is 5.75 Å². The average molecular weight is 268 g/mol. The van der Waals surface area contributed by atoms with Crippen LogP contribution in [0.25, 0.3) is 10.9 Å². The zero-order valence-electron chi connectivity index (χ0n) is 10.9. The summed E-state index contributed by atoms with van der Waals surface area (Å²) in [6.07, 6.45) is 1.86. The minimum Gasteiger partial charge on any atom is -0.489 e. The van der Waals surface area contributed by atoms with Crippen molar-refractivity contribution in [3.63, 3.8) is 0 Å². The second kappa shape index (κ2) is 5.21. The Kier molecular flexibility index (Phi) is 3.83. The number of rotatable bonds is 4. The molecule has 0 aliphatic heterocycles. The van der Waals surface area contributed by atoms with Crippen molar-refractivity contribution in [1.29, 1.82) is 0 Å². The molecule has 0 unspecified atom stereocenters. The lowest BCUT2D eigenvalue weighted by Gasteiger charge is -2.19. The van der Waals surface area contributed by atoms with E-state index in [9.17, 15) is 0 Å². The zero-order valence-corrected chi connectivity index (χ0v) is 11.7. The molecule has 0 radical (unpaired) electrons. The number of aromatic amines is 1. The highest BCUT2D eigenvalue weighted by Gasteiger charge is 2.10. The highest BCUT2D eigenvalue weighted by Crippen LogP contribution is 2.30. The predicted molar refractivity (Wildman–Crippen MR) is 74.5 cm³/mol. The zero-order chi connectivity index (χ0) is 13.2. The van der Waals surface area contributed by atoms with E-state index in [0.717, 1.165) is 21.7 Å². The summed E-state index contributed by atoms with van der Waals surface area (Å²) in [7, 11) is 0. The van der Waals surface area contributed by atoms with Crippen LogP contribution in [0.5, 0.6) is 5.75 Å². The van der Waals surface area contributed by atoms with Gasteiger partial charge in [0, 0.05) is 11.6 Å². The minimum absolute atomic E-state index is 0.134. The highest BCUT2D eigenvalue weighted by atomic mass is 35.5. The number of ether oxygens (including phenoxy) is 2. The molecule has 0 spiro atoms. The van der Waals surface area contributed by atoms with Gasteiger partial charge in [-0.3, -0.25) is 0 Å². The molecule has 4 heteroatoms. The maximum atomic E-state index is 6.09. The summed E-state index contributed by atoms with van der Waals surface area (Å²) in [5.74, 6) is 0.803. The Morgan fingerprint density at radius 3 is 2.67 bits per heavy atom. The standard InChI is InChI=1S/C14H18ClNO2/c1-14(2,3)18-9-8-17-12-5-4-11(15)10-6-7-16-13(10)12/h4-7,16H,8-9H2,1-3H3. The van der Waals surface area contributed by atoms with E-state index in [1.807, 2.05) is 45.2 Å². The molecule has 18 heavy (non-hydrogen) atoms. The molecule has 0 fully saturated rings. The van der Waals surface area contributed by atoms with E-state index < -0.39 is 0 Å². The molecule has 1 N–H and O–H groups in total. The van der Waals surface area contributed by atoms with Gasteiger partial charge in [0.05, 0.1) is 22.7 Å². The van der Waals surface area contributed by atoms with Gasteiger partial charge in [0.15, 0.2) is 0 Å². The largest absolute Gasteiger partial charge is 0.489 e. The topological polar surface area (TPSA) is 34.2 Å². The summed E-state index contributed by atoms with van der Waals surface area (Å²) in [5.41, 5.74) is 0.795. The molecule has 1 aromatic heterocycles. The lowest BCUT2D eigenvalue weighted by Crippen LogP contribution is -2.22. The SMILES string of the molecule is CC(C)(C)OCCOc1ccc(Cl)c2cc[nH]c12. The quantitative estimate of drug-likeness (QED) is 0.849. The average Bonchev–Trinajstić information content (AvgIpc) is 2.75. The number of aromatic nitrogens is 1. The Balaban J connectivity index is 2.00. The smallest absolute Gasteiger partial charge is 0.143 e. The third kappa shape index (κ3) is 3.18. The molecule has 3 nitrogen and oxygen atoms in total. The van der Waals surface area contributed by atoms with Crippen molar-refractivity contribution in [2.75, 3.05) is 13.2 Å². The number of benzene rings is 1. The lowest BCUT2D eigenvalue weighted by atomic mass is 10.2. The van der Waals surface area contributed by atoms with Gasteiger partial charge in [-0.05, 0) is 39.0 Å². The summed E-state index contributed by atoms with van der Waals surface area (Å²) in [4.78, 5) is 3.14. The van der Waals surface area contributed by atoms with Gasteiger partial charge in [-0.1, -0.05) is 11.6 Å². The molecule has 0 saturated heterocycles. The van der Waals surface area contributed by atoms with Crippen molar-refractivity contribution in [1.82, 2.24) is 4.98 Å². The van der Waals surface area contributed by atoms with Gasteiger partial charge >= 0.3 is 0 Å². The number of nitrogens with one attached hydrogen (secondary N) is 1. The number of H-pyrrole nitrogens is 1. The van der Waals surface area contributed by atoms with Crippen molar-refractivity contribution >= 4 is 22.5 Å². The second-order valence-corrected chi connectivity index (χ2v) is 5.53. The van der Waals surface area contributed by atoms with Gasteiger partial charge in [0.2, 0.25) is 0 Å². The van der Waals surface area contributed by atoms with Crippen molar-refractivity contribution in [3.05, 3.63) is 29.4 Å². The molecular formula is C14H18ClNO2. The summed E-state index contributed by atoms with van der Waals surface area (Å²) < 4.78 is 11.3. The van der Waals surface area contributed by atoms with Crippen LogP contribution in [-0.4, -0.2) is 23.8 Å². The summed E-state index contributed by atoms with van der Waals surface area (Å²) in [6, 6.07) is 5.66. The van der Waals surface area contributed by atoms with Crippen LogP contribution in [0, 0.1) is 0 Å². The molecular weight excluding hydrogens is 250 g/mol. The van der Waals surface area contributed by atoms with Gasteiger partial charge in [-0.2, -0.15) is 0 Å². The Labute approximate surface area is 112 Å². The van der Waals surface area contributed by atoms with Gasteiger partial charge in [-0.15, -0.1) is 0 Å². The van der Waals surface area contributed by atoms with Crippen molar-refractivity contribution in [2.45, 2.75) is 26.4 Å². The van der Waals surface area contributed by atoms with Gasteiger partial charge in [0.1, 0.15) is 12.4 Å². The van der Waals surface area contributed by atoms with Crippen molar-refractivity contribution < 1.29 is 9.47 Å². The van der Waals surface area contributed by atoms with E-state index >= 15 is 0 Å². The van der Waals surface area contributed by atoms with Gasteiger partial charge in [-0.25, -0.2) is 0 Å². The molecule has 1 aromatic carbocycles. The Bertz CT molecular complexity index is 528. The first-order valence-corrected chi connectivity index (χ1v) is 6.37. The lowest BCUT2D eigenvalue weighted by molar-refractivity contribution is -0.0161. The third-order valence-electron chi connectivity index (χ3n) is 2.51. The van der Waals surface area contributed by atoms with Gasteiger partial charge in [0.25, 0.3) is 0 Å². The maximum absolute atomic E-state index is 6.09. The normalized spacial score (nSPS) is 12.0. The molecule has 0 aliphatic carbocycles. The Morgan fingerprint density at radius 1 is 1.17 bits per heavy atom. The van der Waals surface area contributed by atoms with Crippen LogP contribution in [-0.2, 0) is 4.74 Å². The van der Waals surface area contributed by atoms with E-state index in [1.54, 1.807) is 0 Å². The number of hydrogen-bond acceptors (Lipinski definition) is 2. The van der Waals surface area contributed by atoms with Crippen LogP contribution >= 0.6 is 11.6 Å². The van der Waals surface area contributed by atoms with Gasteiger partial charge < -0.3 is 14.5 Å². The maximum Gasteiger partial charge on any atom is 0.143 e. The van der Waals surface area contributed by atoms with Crippen LogP contribution in [0.15, 0.2) is 24.4 Å². The molecule has 0 atom stereocenters. The second-order valence-electron chi connectivity index (χ2n) is 5.12. The fraction of sp³-hybridized carbons (Fsp3) is 0.429. The first kappa shape index (κ1) is 13.2. The minimum atomic E-state index is -0.134. The summed E-state index contributed by atoms with van der Waals surface area (Å²) in [5, 5.41) is 1.70. The third-order valence-corrected chi connectivity index (χ3v) is 2.84. The Hall–Kier alpha value is -1.19. The summed E-state index contributed by atoms with van der Waals surface area (Å²) >= 11 is 6.09. The molecule has 98 valence electrons. The Morgan fingerprint density at radius 2 is 1.94 bits per heavy atom. The number of halogens is 1. The van der Waals surface area contributed by atoms with E-state index in [2.05, 4.69) is 4.98 Å². The van der Waals surface area contributed by atoms with Crippen LogP contribution in [0.4, 0.5) is 0 Å². The van der Waals surface area contributed by atoms with Crippen LogP contribution in [0.1, 0.15) is 20.8 Å². The van der Waals surface area contributed by atoms with Crippen molar-refractivity contribution in [2.24, 2.45) is 0 Å². The first-order chi connectivity index (χ1) is 8.47. The van der Waals surface area contributed by atoms with Crippen LogP contribution in [0.2, 0.25) is 5.02 Å². The monoisotopic (exact) mass is 267 g/mol. The van der Waals surface area contributed by atoms with Crippen LogP contribution < -0.4 is 4.74 Å². The van der Waals surface area contributed by atoms with E-state index in [0.29, 0.717) is 13.2 Å². The molecule has 2 rings (SSSR count). The summed E-state index contributed by atoms with van der Waals surface area (Å²) in [6.45, 7) is 7.16. The van der Waals surface area contributed by atoms with E-state index in [-0.39, 0.29) is 5.60 Å². The van der Waals surface area contributed by atoms with Crippen LogP contribution in [0.3, 0.4) is 0 Å². The molecule has 0 saturated carbocycles. The predicted octanol–water partition coefficient (Wildman–Crippen LogP) is 4.02. The first-order valence-electron chi connectivity index (χ1n) is 6.00. The highest BCUT2D eigenvalue weighted by molar-refractivity contribution is 6.35. The number of fused-ring (bicyclic) bond motifs is 1. The molecule has 1 heterocycles. The fourth-order valence-electron chi connectivity index (χ4n) is 1.71. The molecule has 2 aromatic rings. The number of hydrogen-bond donors (Lipinski definition) is 1. The fourth-order valence-corrected chi connectivity index (χ4v) is 1.93. The molecule has 0 bridgehead atoms. The molecule has 0 amide bonds. The van der Waals surface area contributed by atoms with E-state index in [4.69, 9.17) is 21.1 Å². The van der Waals surface area contributed by atoms with E-state index in [1.165, 1.54) is 0 Å².